The van der Waals surface area contributed by atoms with Gasteiger partial charge in [0.1, 0.15) is 17.5 Å². The number of sulfonamides is 1. The van der Waals surface area contributed by atoms with Gasteiger partial charge in [0.15, 0.2) is 0 Å². The van der Waals surface area contributed by atoms with E-state index >= 15 is 0 Å². The molecule has 0 saturated heterocycles. The number of hydrogen-bond acceptors (Lipinski definition) is 5. The standard InChI is InChI=1S/C23H22ClN3O4S/c1-17(23(28)26-25-16-18-8-10-19(24)11-9-18)27(32(2,29)30)20-12-14-22(15-13-20)31-21-6-4-3-5-7-21/h3-17H,1-2H3,(H,26,28)/b25-16-/t17-/m0/s1. The fraction of sp³-hybridized carbons (Fsp3) is 0.130. The maximum absolute atomic E-state index is 12.6. The highest BCUT2D eigenvalue weighted by Crippen LogP contribution is 2.26. The van der Waals surface area contributed by atoms with E-state index in [-0.39, 0.29) is 0 Å². The largest absolute Gasteiger partial charge is 0.457 e. The van der Waals surface area contributed by atoms with Gasteiger partial charge < -0.3 is 4.74 Å². The van der Waals surface area contributed by atoms with Gasteiger partial charge in [-0.3, -0.25) is 9.10 Å². The van der Waals surface area contributed by atoms with E-state index in [1.54, 1.807) is 48.5 Å². The average molecular weight is 472 g/mol. The fourth-order valence-corrected chi connectivity index (χ4v) is 4.21. The minimum absolute atomic E-state index is 0.331. The van der Waals surface area contributed by atoms with E-state index in [0.717, 1.165) is 16.1 Å². The molecular formula is C23H22ClN3O4S. The van der Waals surface area contributed by atoms with Crippen LogP contribution in [0.1, 0.15) is 12.5 Å². The van der Waals surface area contributed by atoms with Gasteiger partial charge in [-0.05, 0) is 61.0 Å². The van der Waals surface area contributed by atoms with Gasteiger partial charge in [0, 0.05) is 5.02 Å². The molecule has 0 aliphatic heterocycles. The summed E-state index contributed by atoms with van der Waals surface area (Å²) in [5.74, 6) is 0.620. The van der Waals surface area contributed by atoms with Gasteiger partial charge in [0.05, 0.1) is 18.2 Å². The first-order valence-electron chi connectivity index (χ1n) is 9.65. The lowest BCUT2D eigenvalue weighted by Gasteiger charge is -2.27. The molecule has 1 N–H and O–H groups in total. The third kappa shape index (κ3) is 6.32. The van der Waals surface area contributed by atoms with Gasteiger partial charge >= 0.3 is 0 Å². The first kappa shape index (κ1) is 23.3. The van der Waals surface area contributed by atoms with E-state index in [4.69, 9.17) is 16.3 Å². The van der Waals surface area contributed by atoms with Gasteiger partial charge in [0.2, 0.25) is 10.0 Å². The molecule has 0 aliphatic carbocycles. The zero-order chi connectivity index (χ0) is 23.1. The van der Waals surface area contributed by atoms with Crippen molar-refractivity contribution in [1.29, 1.82) is 0 Å². The molecule has 0 aromatic heterocycles. The van der Waals surface area contributed by atoms with Crippen molar-refractivity contribution in [2.45, 2.75) is 13.0 Å². The highest BCUT2D eigenvalue weighted by atomic mass is 35.5. The maximum Gasteiger partial charge on any atom is 0.263 e. The van der Waals surface area contributed by atoms with E-state index in [2.05, 4.69) is 10.5 Å². The average Bonchev–Trinajstić information content (AvgIpc) is 2.76. The second-order valence-corrected chi connectivity index (χ2v) is 9.23. The molecule has 7 nitrogen and oxygen atoms in total. The smallest absolute Gasteiger partial charge is 0.263 e. The number of halogens is 1. The molecule has 32 heavy (non-hydrogen) atoms. The third-order valence-corrected chi connectivity index (χ3v) is 5.91. The lowest BCUT2D eigenvalue weighted by molar-refractivity contribution is -0.121. The molecule has 0 fully saturated rings. The normalized spacial score (nSPS) is 12.3. The molecule has 0 bridgehead atoms. The number of ether oxygens (including phenoxy) is 1. The summed E-state index contributed by atoms with van der Waals surface area (Å²) in [6, 6.07) is 21.5. The molecule has 0 spiro atoms. The van der Waals surface area contributed by atoms with Crippen molar-refractivity contribution in [3.63, 3.8) is 0 Å². The number of hydrazone groups is 1. The molecule has 0 radical (unpaired) electrons. The number of anilines is 1. The molecule has 0 saturated carbocycles. The number of rotatable bonds is 8. The number of benzene rings is 3. The van der Waals surface area contributed by atoms with E-state index in [1.807, 2.05) is 30.3 Å². The lowest BCUT2D eigenvalue weighted by Crippen LogP contribution is -2.46. The van der Waals surface area contributed by atoms with Crippen LogP contribution in [0.25, 0.3) is 0 Å². The molecule has 9 heteroatoms. The molecule has 3 aromatic rings. The van der Waals surface area contributed by atoms with Gasteiger partial charge in [-0.1, -0.05) is 41.9 Å². The number of para-hydroxylation sites is 1. The molecule has 3 aromatic carbocycles. The number of carbonyl (C=O) groups is 1. The molecule has 166 valence electrons. The van der Waals surface area contributed by atoms with E-state index in [0.29, 0.717) is 22.2 Å². The summed E-state index contributed by atoms with van der Waals surface area (Å²) in [6.07, 6.45) is 2.49. The van der Waals surface area contributed by atoms with Crippen molar-refractivity contribution in [3.8, 4) is 11.5 Å². The topological polar surface area (TPSA) is 88.1 Å². The Morgan fingerprint density at radius 2 is 1.59 bits per heavy atom. The number of carbonyl (C=O) groups excluding carboxylic acids is 1. The Bertz CT molecular complexity index is 1180. The Hall–Kier alpha value is -3.36. The Kier molecular flexibility index (Phi) is 7.50. The Morgan fingerprint density at radius 1 is 1.00 bits per heavy atom. The van der Waals surface area contributed by atoms with Gasteiger partial charge in [-0.25, -0.2) is 13.8 Å². The van der Waals surface area contributed by atoms with Crippen molar-refractivity contribution in [1.82, 2.24) is 5.43 Å². The predicted molar refractivity (Wildman–Crippen MR) is 127 cm³/mol. The van der Waals surface area contributed by atoms with Crippen LogP contribution in [-0.4, -0.2) is 32.8 Å². The second kappa shape index (κ2) is 10.3. The summed E-state index contributed by atoms with van der Waals surface area (Å²) in [5, 5.41) is 4.49. The van der Waals surface area contributed by atoms with Crippen LogP contribution in [-0.2, 0) is 14.8 Å². The van der Waals surface area contributed by atoms with Crippen LogP contribution in [0.5, 0.6) is 11.5 Å². The predicted octanol–water partition coefficient (Wildman–Crippen LogP) is 4.44. The fourth-order valence-electron chi connectivity index (χ4n) is 2.91. The van der Waals surface area contributed by atoms with E-state index < -0.39 is 22.0 Å². The molecule has 3 rings (SSSR count). The van der Waals surface area contributed by atoms with E-state index in [1.165, 1.54) is 13.1 Å². The highest BCUT2D eigenvalue weighted by molar-refractivity contribution is 7.92. The molecule has 0 heterocycles. The number of amides is 1. The summed E-state index contributed by atoms with van der Waals surface area (Å²) in [5.41, 5.74) is 3.44. The van der Waals surface area contributed by atoms with Crippen molar-refractivity contribution in [3.05, 3.63) is 89.4 Å². The highest BCUT2D eigenvalue weighted by Gasteiger charge is 2.29. The van der Waals surface area contributed by atoms with Crippen molar-refractivity contribution >= 4 is 39.4 Å². The van der Waals surface area contributed by atoms with Crippen LogP contribution in [0, 0.1) is 0 Å². The minimum Gasteiger partial charge on any atom is -0.457 e. The van der Waals surface area contributed by atoms with Crippen LogP contribution in [0.3, 0.4) is 0 Å². The summed E-state index contributed by atoms with van der Waals surface area (Å²) < 4.78 is 31.7. The van der Waals surface area contributed by atoms with Crippen molar-refractivity contribution < 1.29 is 17.9 Å². The molecular weight excluding hydrogens is 450 g/mol. The summed E-state index contributed by atoms with van der Waals surface area (Å²) in [6.45, 7) is 1.49. The second-order valence-electron chi connectivity index (χ2n) is 6.93. The summed E-state index contributed by atoms with van der Waals surface area (Å²) in [7, 11) is -3.75. The van der Waals surface area contributed by atoms with Crippen molar-refractivity contribution in [2.75, 3.05) is 10.6 Å². The summed E-state index contributed by atoms with van der Waals surface area (Å²) >= 11 is 5.84. The van der Waals surface area contributed by atoms with E-state index in [9.17, 15) is 13.2 Å². The zero-order valence-electron chi connectivity index (χ0n) is 17.5. The number of nitrogens with zero attached hydrogens (tertiary/aromatic N) is 2. The SMILES string of the molecule is C[C@@H](C(=O)N/N=C\c1ccc(Cl)cc1)N(c1ccc(Oc2ccccc2)cc1)S(C)(=O)=O. The summed E-state index contributed by atoms with van der Waals surface area (Å²) in [4.78, 5) is 12.6. The van der Waals surface area contributed by atoms with Crippen LogP contribution >= 0.6 is 11.6 Å². The number of nitrogens with one attached hydrogen (secondary N) is 1. The molecule has 0 unspecified atom stereocenters. The molecule has 0 aliphatic rings. The van der Waals surface area contributed by atoms with Crippen LogP contribution in [0.4, 0.5) is 5.69 Å². The monoisotopic (exact) mass is 471 g/mol. The maximum atomic E-state index is 12.6. The quantitative estimate of drug-likeness (QED) is 0.388. The lowest BCUT2D eigenvalue weighted by atomic mass is 10.2. The zero-order valence-corrected chi connectivity index (χ0v) is 19.0. The van der Waals surface area contributed by atoms with Gasteiger partial charge in [0.25, 0.3) is 5.91 Å². The molecule has 1 atom stereocenters. The minimum atomic E-state index is -3.75. The Balaban J connectivity index is 1.72. The van der Waals surface area contributed by atoms with Crippen LogP contribution < -0.4 is 14.5 Å². The third-order valence-electron chi connectivity index (χ3n) is 4.42. The Morgan fingerprint density at radius 3 is 2.19 bits per heavy atom. The first-order chi connectivity index (χ1) is 15.2. The van der Waals surface area contributed by atoms with Gasteiger partial charge in [-0.15, -0.1) is 0 Å². The van der Waals surface area contributed by atoms with Crippen LogP contribution in [0.2, 0.25) is 5.02 Å². The Labute approximate surface area is 192 Å². The van der Waals surface area contributed by atoms with Crippen molar-refractivity contribution in [2.24, 2.45) is 5.10 Å². The first-order valence-corrected chi connectivity index (χ1v) is 11.9. The van der Waals surface area contributed by atoms with Gasteiger partial charge in [-0.2, -0.15) is 5.10 Å². The number of hydrogen-bond donors (Lipinski definition) is 1. The van der Waals surface area contributed by atoms with Crippen LogP contribution in [0.15, 0.2) is 84.0 Å². The molecule has 1 amide bonds.